The van der Waals surface area contributed by atoms with Crippen molar-refractivity contribution in [2.75, 3.05) is 10.6 Å². The standard InChI is InChI=1S/C16H10F4N4/c17-9-1-3-13(11(19)5-9)23-15-7-16(22-8-21-15)24-14-4-2-10(18)6-12(14)20/h1-8H,(H2,21,22,23,24). The van der Waals surface area contributed by atoms with Crippen molar-refractivity contribution in [3.8, 4) is 0 Å². The van der Waals surface area contributed by atoms with Gasteiger partial charge in [0.25, 0.3) is 0 Å². The normalized spacial score (nSPS) is 10.5. The van der Waals surface area contributed by atoms with Gasteiger partial charge in [0.1, 0.15) is 41.2 Å². The quantitative estimate of drug-likeness (QED) is 0.689. The highest BCUT2D eigenvalue weighted by Gasteiger charge is 2.08. The van der Waals surface area contributed by atoms with Gasteiger partial charge in [0.2, 0.25) is 0 Å². The molecular formula is C16H10F4N4. The minimum atomic E-state index is -0.785. The number of anilines is 4. The molecule has 0 bridgehead atoms. The Bertz CT molecular complexity index is 817. The lowest BCUT2D eigenvalue weighted by Gasteiger charge is -2.10. The summed E-state index contributed by atoms with van der Waals surface area (Å²) in [6.07, 6.45) is 1.17. The van der Waals surface area contributed by atoms with Crippen molar-refractivity contribution in [2.24, 2.45) is 0 Å². The Kier molecular flexibility index (Phi) is 4.28. The maximum absolute atomic E-state index is 13.6. The molecule has 4 nitrogen and oxygen atoms in total. The van der Waals surface area contributed by atoms with Gasteiger partial charge in [-0.1, -0.05) is 0 Å². The van der Waals surface area contributed by atoms with Crippen LogP contribution in [0.15, 0.2) is 48.8 Å². The molecular weight excluding hydrogens is 324 g/mol. The van der Waals surface area contributed by atoms with Gasteiger partial charge < -0.3 is 10.6 Å². The zero-order chi connectivity index (χ0) is 17.1. The summed E-state index contributed by atoms with van der Waals surface area (Å²) in [6, 6.07) is 7.50. The molecule has 0 fully saturated rings. The Hall–Kier alpha value is -3.16. The molecule has 0 aliphatic rings. The van der Waals surface area contributed by atoms with Crippen molar-refractivity contribution in [2.45, 2.75) is 0 Å². The van der Waals surface area contributed by atoms with E-state index in [1.807, 2.05) is 0 Å². The SMILES string of the molecule is Fc1ccc(Nc2cc(Nc3ccc(F)cc3F)ncn2)c(F)c1. The zero-order valence-corrected chi connectivity index (χ0v) is 12.0. The van der Waals surface area contributed by atoms with Crippen LogP contribution in [0.1, 0.15) is 0 Å². The smallest absolute Gasteiger partial charge is 0.149 e. The molecule has 24 heavy (non-hydrogen) atoms. The van der Waals surface area contributed by atoms with Gasteiger partial charge in [0.05, 0.1) is 11.4 Å². The van der Waals surface area contributed by atoms with Gasteiger partial charge in [0, 0.05) is 18.2 Å². The summed E-state index contributed by atoms with van der Waals surface area (Å²) < 4.78 is 53.0. The number of nitrogens with zero attached hydrogens (tertiary/aromatic N) is 2. The van der Waals surface area contributed by atoms with Crippen molar-refractivity contribution in [1.82, 2.24) is 9.97 Å². The maximum atomic E-state index is 13.6. The Labute approximate surface area is 134 Å². The van der Waals surface area contributed by atoms with Gasteiger partial charge in [0.15, 0.2) is 0 Å². The highest BCUT2D eigenvalue weighted by molar-refractivity contribution is 5.63. The first-order valence-corrected chi connectivity index (χ1v) is 6.77. The van der Waals surface area contributed by atoms with E-state index in [2.05, 4.69) is 20.6 Å². The summed E-state index contributed by atoms with van der Waals surface area (Å²) in [7, 11) is 0. The summed E-state index contributed by atoms with van der Waals surface area (Å²) in [4.78, 5) is 7.80. The molecule has 2 aromatic carbocycles. The summed E-state index contributed by atoms with van der Waals surface area (Å²) >= 11 is 0. The summed E-state index contributed by atoms with van der Waals surface area (Å²) in [6.45, 7) is 0. The Morgan fingerprint density at radius 3 is 1.50 bits per heavy atom. The summed E-state index contributed by atoms with van der Waals surface area (Å²) in [5, 5.41) is 5.33. The second kappa shape index (κ2) is 6.53. The first kappa shape index (κ1) is 15.7. The van der Waals surface area contributed by atoms with E-state index in [0.29, 0.717) is 0 Å². The van der Waals surface area contributed by atoms with E-state index >= 15 is 0 Å². The van der Waals surface area contributed by atoms with Gasteiger partial charge in [-0.2, -0.15) is 0 Å². The molecule has 0 spiro atoms. The number of nitrogens with one attached hydrogen (secondary N) is 2. The van der Waals surface area contributed by atoms with Gasteiger partial charge in [-0.15, -0.1) is 0 Å². The van der Waals surface area contributed by atoms with E-state index in [4.69, 9.17) is 0 Å². The lowest BCUT2D eigenvalue weighted by atomic mass is 10.3. The van der Waals surface area contributed by atoms with Crippen molar-refractivity contribution in [3.05, 3.63) is 72.1 Å². The molecule has 0 saturated carbocycles. The molecule has 0 aliphatic carbocycles. The van der Waals surface area contributed by atoms with Gasteiger partial charge >= 0.3 is 0 Å². The van der Waals surface area contributed by atoms with Crippen LogP contribution in [0, 0.1) is 23.3 Å². The largest absolute Gasteiger partial charge is 0.338 e. The monoisotopic (exact) mass is 334 g/mol. The fourth-order valence-electron chi connectivity index (χ4n) is 1.95. The Balaban J connectivity index is 1.81. The van der Waals surface area contributed by atoms with Gasteiger partial charge in [-0.25, -0.2) is 27.5 Å². The fraction of sp³-hybridized carbons (Fsp3) is 0. The van der Waals surface area contributed by atoms with Crippen molar-refractivity contribution in [1.29, 1.82) is 0 Å². The molecule has 0 amide bonds. The van der Waals surface area contributed by atoms with Crippen LogP contribution in [0.5, 0.6) is 0 Å². The number of halogens is 4. The van der Waals surface area contributed by atoms with E-state index in [1.165, 1.54) is 24.5 Å². The third kappa shape index (κ3) is 3.60. The average Bonchev–Trinajstić information content (AvgIpc) is 2.53. The average molecular weight is 334 g/mol. The number of rotatable bonds is 4. The third-order valence-electron chi connectivity index (χ3n) is 3.05. The van der Waals surface area contributed by atoms with E-state index < -0.39 is 23.3 Å². The van der Waals surface area contributed by atoms with Crippen LogP contribution in [0.3, 0.4) is 0 Å². The molecule has 0 saturated heterocycles. The highest BCUT2D eigenvalue weighted by Crippen LogP contribution is 2.23. The fourth-order valence-corrected chi connectivity index (χ4v) is 1.95. The van der Waals surface area contributed by atoms with Crippen molar-refractivity contribution < 1.29 is 17.6 Å². The minimum Gasteiger partial charge on any atom is -0.338 e. The summed E-state index contributed by atoms with van der Waals surface area (Å²) in [5.74, 6) is -2.55. The van der Waals surface area contributed by atoms with E-state index in [-0.39, 0.29) is 23.0 Å². The second-order valence-electron chi connectivity index (χ2n) is 4.79. The molecule has 122 valence electrons. The van der Waals surface area contributed by atoms with Crippen LogP contribution in [-0.4, -0.2) is 9.97 Å². The molecule has 0 aliphatic heterocycles. The molecule has 0 radical (unpaired) electrons. The van der Waals surface area contributed by atoms with E-state index in [9.17, 15) is 17.6 Å². The molecule has 3 rings (SSSR count). The minimum absolute atomic E-state index is 0.0222. The van der Waals surface area contributed by atoms with Crippen LogP contribution in [0.2, 0.25) is 0 Å². The van der Waals surface area contributed by atoms with E-state index in [1.54, 1.807) is 0 Å². The number of hydrogen-bond acceptors (Lipinski definition) is 4. The molecule has 2 N–H and O–H groups in total. The van der Waals surface area contributed by atoms with Crippen LogP contribution >= 0.6 is 0 Å². The Morgan fingerprint density at radius 1 is 0.625 bits per heavy atom. The second-order valence-corrected chi connectivity index (χ2v) is 4.79. The van der Waals surface area contributed by atoms with E-state index in [0.717, 1.165) is 24.3 Å². The zero-order valence-electron chi connectivity index (χ0n) is 12.0. The lowest BCUT2D eigenvalue weighted by Crippen LogP contribution is -2.01. The Morgan fingerprint density at radius 2 is 1.08 bits per heavy atom. The molecule has 8 heteroatoms. The summed E-state index contributed by atoms with van der Waals surface area (Å²) in [5.41, 5.74) is 0.0445. The third-order valence-corrected chi connectivity index (χ3v) is 3.05. The van der Waals surface area contributed by atoms with Crippen LogP contribution in [0.25, 0.3) is 0 Å². The highest BCUT2D eigenvalue weighted by atomic mass is 19.1. The topological polar surface area (TPSA) is 49.8 Å². The first-order chi connectivity index (χ1) is 11.5. The molecule has 0 atom stereocenters. The number of hydrogen-bond donors (Lipinski definition) is 2. The first-order valence-electron chi connectivity index (χ1n) is 6.77. The molecule has 0 unspecified atom stereocenters. The van der Waals surface area contributed by atoms with Crippen molar-refractivity contribution in [3.63, 3.8) is 0 Å². The van der Waals surface area contributed by atoms with Crippen molar-refractivity contribution >= 4 is 23.0 Å². The van der Waals surface area contributed by atoms with Crippen LogP contribution < -0.4 is 10.6 Å². The molecule has 3 aromatic rings. The lowest BCUT2D eigenvalue weighted by molar-refractivity contribution is 0.585. The predicted molar refractivity (Wildman–Crippen MR) is 81.3 cm³/mol. The van der Waals surface area contributed by atoms with Crippen LogP contribution in [-0.2, 0) is 0 Å². The number of benzene rings is 2. The molecule has 1 heterocycles. The predicted octanol–water partition coefficient (Wildman–Crippen LogP) is 4.52. The van der Waals surface area contributed by atoms with Gasteiger partial charge in [-0.3, -0.25) is 0 Å². The number of aromatic nitrogens is 2. The van der Waals surface area contributed by atoms with Crippen LogP contribution in [0.4, 0.5) is 40.6 Å². The maximum Gasteiger partial charge on any atom is 0.149 e. The molecule has 1 aromatic heterocycles. The van der Waals surface area contributed by atoms with Gasteiger partial charge in [-0.05, 0) is 24.3 Å².